The van der Waals surface area contributed by atoms with Crippen LogP contribution in [0.3, 0.4) is 0 Å². The molecule has 3 aromatic heterocycles. The largest absolute Gasteiger partial charge is 0.377 e. The Balaban J connectivity index is 1.86. The summed E-state index contributed by atoms with van der Waals surface area (Å²) < 4.78 is 5.58. The highest BCUT2D eigenvalue weighted by molar-refractivity contribution is 5.91. The number of nitrogens with zero attached hydrogens (tertiary/aromatic N) is 4. The summed E-state index contributed by atoms with van der Waals surface area (Å²) in [5.74, 6) is 2.07. The number of aromatic nitrogens is 4. The van der Waals surface area contributed by atoms with Crippen molar-refractivity contribution in [1.29, 1.82) is 0 Å². The summed E-state index contributed by atoms with van der Waals surface area (Å²) in [6, 6.07) is 6.44. The summed E-state index contributed by atoms with van der Waals surface area (Å²) >= 11 is 0. The standard InChI is InChI=1S/C19H23N5O/c1-12(2)16-10-17(24-8-9-25-11-13(24)3)23-19(22-16)15-5-7-21-18-14(15)4-6-20-18/h4-7,10,12-13H,8-9,11H2,1-3H3,(H,20,21). The lowest BCUT2D eigenvalue weighted by molar-refractivity contribution is 0.0985. The fourth-order valence-corrected chi connectivity index (χ4v) is 3.24. The molecule has 0 spiro atoms. The summed E-state index contributed by atoms with van der Waals surface area (Å²) in [7, 11) is 0. The number of anilines is 1. The molecule has 0 bridgehead atoms. The Bertz CT molecular complexity index is 888. The fourth-order valence-electron chi connectivity index (χ4n) is 3.24. The zero-order chi connectivity index (χ0) is 17.4. The van der Waals surface area contributed by atoms with Crippen LogP contribution in [0.5, 0.6) is 0 Å². The van der Waals surface area contributed by atoms with Crippen LogP contribution >= 0.6 is 0 Å². The normalized spacial score (nSPS) is 18.2. The first-order valence-electron chi connectivity index (χ1n) is 8.79. The second kappa shape index (κ2) is 6.44. The fraction of sp³-hybridized carbons (Fsp3) is 0.421. The Morgan fingerprint density at radius 2 is 2.16 bits per heavy atom. The molecular formula is C19H23N5O. The molecule has 1 unspecified atom stereocenters. The van der Waals surface area contributed by atoms with Crippen LogP contribution in [-0.2, 0) is 4.74 Å². The lowest BCUT2D eigenvalue weighted by atomic mass is 10.1. The second-order valence-corrected chi connectivity index (χ2v) is 6.85. The Morgan fingerprint density at radius 1 is 1.28 bits per heavy atom. The van der Waals surface area contributed by atoms with Gasteiger partial charge in [-0.15, -0.1) is 0 Å². The third-order valence-electron chi connectivity index (χ3n) is 4.69. The van der Waals surface area contributed by atoms with Gasteiger partial charge in [0.05, 0.1) is 19.3 Å². The molecule has 1 atom stereocenters. The first kappa shape index (κ1) is 16.0. The molecule has 6 nitrogen and oxygen atoms in total. The van der Waals surface area contributed by atoms with E-state index in [9.17, 15) is 0 Å². The van der Waals surface area contributed by atoms with Gasteiger partial charge >= 0.3 is 0 Å². The van der Waals surface area contributed by atoms with E-state index < -0.39 is 0 Å². The minimum absolute atomic E-state index is 0.307. The number of pyridine rings is 1. The van der Waals surface area contributed by atoms with Gasteiger partial charge in [-0.2, -0.15) is 0 Å². The monoisotopic (exact) mass is 337 g/mol. The molecule has 1 aliphatic rings. The Kier molecular flexibility index (Phi) is 4.13. The predicted octanol–water partition coefficient (Wildman–Crippen LogP) is 3.37. The van der Waals surface area contributed by atoms with Crippen LogP contribution in [0.2, 0.25) is 0 Å². The Hall–Kier alpha value is -2.47. The zero-order valence-corrected chi connectivity index (χ0v) is 14.9. The number of H-pyrrole nitrogens is 1. The van der Waals surface area contributed by atoms with Crippen molar-refractivity contribution in [3.8, 4) is 11.4 Å². The van der Waals surface area contributed by atoms with Gasteiger partial charge in [0.2, 0.25) is 0 Å². The van der Waals surface area contributed by atoms with Crippen LogP contribution in [0.15, 0.2) is 30.6 Å². The molecule has 0 aromatic carbocycles. The number of aromatic amines is 1. The van der Waals surface area contributed by atoms with Gasteiger partial charge in [0.15, 0.2) is 5.82 Å². The molecule has 1 N–H and O–H groups in total. The maximum atomic E-state index is 5.58. The van der Waals surface area contributed by atoms with E-state index in [2.05, 4.69) is 41.7 Å². The number of fused-ring (bicyclic) bond motifs is 1. The Morgan fingerprint density at radius 3 is 2.96 bits per heavy atom. The number of nitrogens with one attached hydrogen (secondary N) is 1. The quantitative estimate of drug-likeness (QED) is 0.794. The Labute approximate surface area is 147 Å². The SMILES string of the molecule is CC(C)c1cc(N2CCOCC2C)nc(-c2ccnc3[nH]ccc23)n1. The molecule has 1 aliphatic heterocycles. The average Bonchev–Trinajstić information content (AvgIpc) is 3.10. The highest BCUT2D eigenvalue weighted by atomic mass is 16.5. The molecule has 0 amide bonds. The molecule has 6 heteroatoms. The van der Waals surface area contributed by atoms with Gasteiger partial charge in [0.1, 0.15) is 11.5 Å². The van der Waals surface area contributed by atoms with Crippen molar-refractivity contribution in [2.45, 2.75) is 32.7 Å². The van der Waals surface area contributed by atoms with E-state index in [0.29, 0.717) is 12.0 Å². The van der Waals surface area contributed by atoms with E-state index in [0.717, 1.165) is 53.7 Å². The second-order valence-electron chi connectivity index (χ2n) is 6.85. The molecule has 130 valence electrons. The summed E-state index contributed by atoms with van der Waals surface area (Å²) in [5.41, 5.74) is 2.92. The van der Waals surface area contributed by atoms with Crippen molar-refractivity contribution in [3.63, 3.8) is 0 Å². The van der Waals surface area contributed by atoms with E-state index in [4.69, 9.17) is 14.7 Å². The van der Waals surface area contributed by atoms with Crippen LogP contribution < -0.4 is 4.90 Å². The minimum atomic E-state index is 0.307. The van der Waals surface area contributed by atoms with Crippen LogP contribution in [0.1, 0.15) is 32.4 Å². The molecule has 4 heterocycles. The van der Waals surface area contributed by atoms with Gasteiger partial charge in [-0.3, -0.25) is 0 Å². The predicted molar refractivity (Wildman–Crippen MR) is 98.8 cm³/mol. The van der Waals surface area contributed by atoms with E-state index in [1.807, 2.05) is 18.3 Å². The maximum Gasteiger partial charge on any atom is 0.162 e. The molecule has 1 fully saturated rings. The van der Waals surface area contributed by atoms with Gasteiger partial charge < -0.3 is 14.6 Å². The van der Waals surface area contributed by atoms with Gasteiger partial charge in [-0.05, 0) is 25.0 Å². The molecule has 3 aromatic rings. The molecule has 1 saturated heterocycles. The third-order valence-corrected chi connectivity index (χ3v) is 4.69. The number of morpholine rings is 1. The molecule has 25 heavy (non-hydrogen) atoms. The van der Waals surface area contributed by atoms with Gasteiger partial charge in [-0.1, -0.05) is 13.8 Å². The minimum Gasteiger partial charge on any atom is -0.377 e. The van der Waals surface area contributed by atoms with Crippen molar-refractivity contribution in [3.05, 3.63) is 36.3 Å². The van der Waals surface area contributed by atoms with Crippen LogP contribution in [0.4, 0.5) is 5.82 Å². The first-order valence-corrected chi connectivity index (χ1v) is 8.79. The topological polar surface area (TPSA) is 66.9 Å². The lowest BCUT2D eigenvalue weighted by Gasteiger charge is -2.34. The summed E-state index contributed by atoms with van der Waals surface area (Å²) in [5, 5.41) is 1.05. The first-order chi connectivity index (χ1) is 12.1. The van der Waals surface area contributed by atoms with Crippen LogP contribution in [-0.4, -0.2) is 45.7 Å². The molecule has 0 radical (unpaired) electrons. The third kappa shape index (κ3) is 2.98. The highest BCUT2D eigenvalue weighted by Gasteiger charge is 2.22. The lowest BCUT2D eigenvalue weighted by Crippen LogP contribution is -2.44. The van der Waals surface area contributed by atoms with Gasteiger partial charge in [-0.25, -0.2) is 15.0 Å². The average molecular weight is 337 g/mol. The van der Waals surface area contributed by atoms with Crippen LogP contribution in [0.25, 0.3) is 22.4 Å². The molecule has 4 rings (SSSR count). The van der Waals surface area contributed by atoms with E-state index in [-0.39, 0.29) is 0 Å². The smallest absolute Gasteiger partial charge is 0.162 e. The summed E-state index contributed by atoms with van der Waals surface area (Å²) in [6.45, 7) is 8.82. The molecule has 0 aliphatic carbocycles. The van der Waals surface area contributed by atoms with Crippen molar-refractivity contribution in [2.24, 2.45) is 0 Å². The number of hydrogen-bond acceptors (Lipinski definition) is 5. The van der Waals surface area contributed by atoms with E-state index in [1.165, 1.54) is 0 Å². The van der Waals surface area contributed by atoms with Crippen molar-refractivity contribution >= 4 is 16.9 Å². The van der Waals surface area contributed by atoms with Crippen LogP contribution in [0, 0.1) is 0 Å². The van der Waals surface area contributed by atoms with Crippen molar-refractivity contribution in [1.82, 2.24) is 19.9 Å². The van der Waals surface area contributed by atoms with E-state index >= 15 is 0 Å². The van der Waals surface area contributed by atoms with Crippen molar-refractivity contribution in [2.75, 3.05) is 24.7 Å². The number of hydrogen-bond donors (Lipinski definition) is 1. The zero-order valence-electron chi connectivity index (χ0n) is 14.9. The molecular weight excluding hydrogens is 314 g/mol. The van der Waals surface area contributed by atoms with E-state index in [1.54, 1.807) is 6.20 Å². The van der Waals surface area contributed by atoms with Gasteiger partial charge in [0.25, 0.3) is 0 Å². The maximum absolute atomic E-state index is 5.58. The molecule has 0 saturated carbocycles. The summed E-state index contributed by atoms with van der Waals surface area (Å²) in [6.07, 6.45) is 3.70. The number of rotatable bonds is 3. The van der Waals surface area contributed by atoms with Crippen molar-refractivity contribution < 1.29 is 4.74 Å². The van der Waals surface area contributed by atoms with Gasteiger partial charge in [0, 0.05) is 41.6 Å². The number of ether oxygens (including phenoxy) is 1. The highest BCUT2D eigenvalue weighted by Crippen LogP contribution is 2.29. The summed E-state index contributed by atoms with van der Waals surface area (Å²) in [4.78, 5) is 19.6.